The van der Waals surface area contributed by atoms with Gasteiger partial charge in [0.2, 0.25) is 0 Å². The number of aryl methyl sites for hydroxylation is 4. The lowest BCUT2D eigenvalue weighted by atomic mass is 9.88. The second kappa shape index (κ2) is 11.7. The molecule has 0 aliphatic rings. The normalized spacial score (nSPS) is 11.9. The fourth-order valence-corrected chi connectivity index (χ4v) is 8.22. The Bertz CT molecular complexity index is 2200. The van der Waals surface area contributed by atoms with Crippen LogP contribution in [0.4, 0.5) is 0 Å². The van der Waals surface area contributed by atoms with Crippen LogP contribution in [0.5, 0.6) is 0 Å². The molecule has 0 aliphatic carbocycles. The van der Waals surface area contributed by atoms with Crippen LogP contribution < -0.4 is 4.57 Å². The van der Waals surface area contributed by atoms with Crippen LogP contribution in [-0.4, -0.2) is 9.55 Å². The molecule has 7 aromatic rings. The summed E-state index contributed by atoms with van der Waals surface area (Å²) in [5.74, 6) is 1.81. The summed E-state index contributed by atoms with van der Waals surface area (Å²) in [6.45, 7) is 15.9. The van der Waals surface area contributed by atoms with Crippen LogP contribution in [0.1, 0.15) is 67.3 Å². The van der Waals surface area contributed by atoms with Crippen molar-refractivity contribution in [3.05, 3.63) is 125 Å². The van der Waals surface area contributed by atoms with Crippen LogP contribution in [0.15, 0.2) is 97.1 Å². The third-order valence-corrected chi connectivity index (χ3v) is 10.5. The predicted molar refractivity (Wildman–Crippen MR) is 196 cm³/mol. The number of hydrogen-bond donors (Lipinski definition) is 0. The summed E-state index contributed by atoms with van der Waals surface area (Å²) in [7, 11) is 2.22. The molecule has 46 heavy (non-hydrogen) atoms. The summed E-state index contributed by atoms with van der Waals surface area (Å²) in [6.07, 6.45) is 0. The van der Waals surface area contributed by atoms with E-state index in [-0.39, 0.29) is 0 Å². The Kier molecular flexibility index (Phi) is 7.65. The average Bonchev–Trinajstić information content (AvgIpc) is 3.59. The molecule has 0 unspecified atom stereocenters. The minimum Gasteiger partial charge on any atom is -0.235 e. The highest BCUT2D eigenvalue weighted by atomic mass is 32.1. The highest BCUT2D eigenvalue weighted by Crippen LogP contribution is 2.43. The first-order valence-corrected chi connectivity index (χ1v) is 17.2. The lowest BCUT2D eigenvalue weighted by Crippen LogP contribution is -2.30. The van der Waals surface area contributed by atoms with Crippen molar-refractivity contribution in [1.82, 2.24) is 9.55 Å². The summed E-state index contributed by atoms with van der Waals surface area (Å²) in [5.41, 5.74) is 16.2. The van der Waals surface area contributed by atoms with Gasteiger partial charge in [-0.25, -0.2) is 9.55 Å². The van der Waals surface area contributed by atoms with E-state index in [1.54, 1.807) is 11.3 Å². The molecule has 0 saturated heterocycles. The molecule has 0 N–H and O–H groups in total. The first kappa shape index (κ1) is 30.1. The second-order valence-electron chi connectivity index (χ2n) is 13.3. The Morgan fingerprint density at radius 2 is 1.26 bits per heavy atom. The first-order chi connectivity index (χ1) is 22.2. The molecule has 0 aliphatic heterocycles. The Morgan fingerprint density at radius 1 is 0.652 bits per heavy atom. The molecular formula is C42H42N3S+. The van der Waals surface area contributed by atoms with Crippen LogP contribution in [0.3, 0.4) is 0 Å². The summed E-state index contributed by atoms with van der Waals surface area (Å²) in [5, 5.41) is 1.08. The SMILES string of the molecule is Cc1cccc(C)c1-c1nc2c(-c3n(-c4c(C(C)C)cc(-c5ccccc5)cc4C(C)C)c4ccccc4[n+]3C)c(C)ccc2s1. The van der Waals surface area contributed by atoms with Gasteiger partial charge in [-0.05, 0) is 90.8 Å². The van der Waals surface area contributed by atoms with E-state index in [2.05, 4.69) is 162 Å². The van der Waals surface area contributed by atoms with E-state index in [1.807, 2.05) is 0 Å². The van der Waals surface area contributed by atoms with Crippen LogP contribution in [0, 0.1) is 20.8 Å². The van der Waals surface area contributed by atoms with Gasteiger partial charge >= 0.3 is 0 Å². The fraction of sp³-hybridized carbons (Fsp3) is 0.238. The van der Waals surface area contributed by atoms with E-state index in [0.717, 1.165) is 10.5 Å². The number of benzene rings is 5. The standard InChI is InChI=1S/C42H42N3S/c1-25(2)32-23-31(30-17-10-9-11-18-30)24-33(26(3)4)40(32)45-35-20-13-12-19-34(35)44(8)42(45)38-29(7)21-22-36-39(38)43-41(46-36)37-27(5)15-14-16-28(37)6/h9-26H,1-8H3/q+1. The van der Waals surface area contributed by atoms with Gasteiger partial charge in [-0.2, -0.15) is 4.57 Å². The highest BCUT2D eigenvalue weighted by molar-refractivity contribution is 7.21. The molecule has 0 saturated carbocycles. The van der Waals surface area contributed by atoms with Gasteiger partial charge in [0, 0.05) is 16.7 Å². The molecule has 0 amide bonds. The molecule has 7 rings (SSSR count). The maximum Gasteiger partial charge on any atom is 0.297 e. The van der Waals surface area contributed by atoms with Crippen molar-refractivity contribution >= 4 is 32.6 Å². The largest absolute Gasteiger partial charge is 0.297 e. The van der Waals surface area contributed by atoms with Gasteiger partial charge in [-0.15, -0.1) is 11.3 Å². The number of imidazole rings is 1. The predicted octanol–water partition coefficient (Wildman–Crippen LogP) is 11.2. The molecule has 5 aromatic carbocycles. The van der Waals surface area contributed by atoms with Crippen molar-refractivity contribution < 1.29 is 4.57 Å². The summed E-state index contributed by atoms with van der Waals surface area (Å²) in [4.78, 5) is 5.45. The smallest absolute Gasteiger partial charge is 0.235 e. The van der Waals surface area contributed by atoms with Crippen LogP contribution in [0.25, 0.3) is 60.0 Å². The van der Waals surface area contributed by atoms with Crippen molar-refractivity contribution in [3.63, 3.8) is 0 Å². The van der Waals surface area contributed by atoms with E-state index in [9.17, 15) is 0 Å². The monoisotopic (exact) mass is 620 g/mol. The van der Waals surface area contributed by atoms with E-state index in [4.69, 9.17) is 4.98 Å². The zero-order valence-electron chi connectivity index (χ0n) is 28.1. The van der Waals surface area contributed by atoms with Crippen molar-refractivity contribution in [3.8, 4) is 38.8 Å². The van der Waals surface area contributed by atoms with Gasteiger partial charge in [-0.1, -0.05) is 94.4 Å². The number of rotatable bonds is 6. The Balaban J connectivity index is 1.60. The second-order valence-corrected chi connectivity index (χ2v) is 14.3. The number of aromatic nitrogens is 3. The summed E-state index contributed by atoms with van der Waals surface area (Å²) in [6, 6.07) is 35.5. The minimum absolute atomic E-state index is 0.322. The first-order valence-electron chi connectivity index (χ1n) is 16.4. The number of thiazole rings is 1. The molecule has 2 aromatic heterocycles. The maximum atomic E-state index is 5.45. The Labute approximate surface area is 276 Å². The van der Waals surface area contributed by atoms with Crippen molar-refractivity contribution in [2.45, 2.75) is 60.3 Å². The number of fused-ring (bicyclic) bond motifs is 2. The van der Waals surface area contributed by atoms with Crippen LogP contribution in [-0.2, 0) is 7.05 Å². The molecular weight excluding hydrogens is 579 g/mol. The van der Waals surface area contributed by atoms with Crippen LogP contribution >= 0.6 is 11.3 Å². The number of hydrogen-bond acceptors (Lipinski definition) is 2. The van der Waals surface area contributed by atoms with E-state index < -0.39 is 0 Å². The van der Waals surface area contributed by atoms with Gasteiger partial charge < -0.3 is 0 Å². The molecule has 0 radical (unpaired) electrons. The van der Waals surface area contributed by atoms with E-state index in [0.29, 0.717) is 11.8 Å². The molecule has 0 atom stereocenters. The van der Waals surface area contributed by atoms with Crippen molar-refractivity contribution in [1.29, 1.82) is 0 Å². The van der Waals surface area contributed by atoms with Gasteiger partial charge in [0.15, 0.2) is 11.0 Å². The van der Waals surface area contributed by atoms with Crippen LogP contribution in [0.2, 0.25) is 0 Å². The Hall–Kier alpha value is -4.54. The van der Waals surface area contributed by atoms with E-state index >= 15 is 0 Å². The summed E-state index contributed by atoms with van der Waals surface area (Å²) < 4.78 is 6.14. The zero-order chi connectivity index (χ0) is 32.3. The lowest BCUT2D eigenvalue weighted by molar-refractivity contribution is -0.633. The molecule has 4 heteroatoms. The van der Waals surface area contributed by atoms with Crippen molar-refractivity contribution in [2.75, 3.05) is 0 Å². The van der Waals surface area contributed by atoms with E-state index in [1.165, 1.54) is 77.3 Å². The molecule has 0 bridgehead atoms. The topological polar surface area (TPSA) is 21.7 Å². The van der Waals surface area contributed by atoms with Gasteiger partial charge in [0.05, 0.1) is 22.8 Å². The van der Waals surface area contributed by atoms with Gasteiger partial charge in [0.25, 0.3) is 5.82 Å². The molecule has 0 spiro atoms. The average molecular weight is 621 g/mol. The fourth-order valence-electron chi connectivity index (χ4n) is 7.07. The minimum atomic E-state index is 0.322. The molecule has 230 valence electrons. The van der Waals surface area contributed by atoms with Crippen molar-refractivity contribution in [2.24, 2.45) is 7.05 Å². The van der Waals surface area contributed by atoms with Gasteiger partial charge in [-0.3, -0.25) is 0 Å². The maximum absolute atomic E-state index is 5.45. The quantitative estimate of drug-likeness (QED) is 0.170. The molecule has 0 fully saturated rings. The lowest BCUT2D eigenvalue weighted by Gasteiger charge is -2.21. The molecule has 2 heterocycles. The summed E-state index contributed by atoms with van der Waals surface area (Å²) >= 11 is 1.80. The third kappa shape index (κ3) is 4.87. The third-order valence-electron chi connectivity index (χ3n) is 9.44. The number of para-hydroxylation sites is 2. The number of nitrogens with zero attached hydrogens (tertiary/aromatic N) is 3. The molecule has 3 nitrogen and oxygen atoms in total. The van der Waals surface area contributed by atoms with Gasteiger partial charge in [0.1, 0.15) is 10.7 Å². The highest BCUT2D eigenvalue weighted by Gasteiger charge is 2.33. The zero-order valence-corrected chi connectivity index (χ0v) is 29.0. The Morgan fingerprint density at radius 3 is 1.91 bits per heavy atom.